The van der Waals surface area contributed by atoms with Crippen molar-refractivity contribution in [2.24, 2.45) is 5.92 Å². The molecule has 1 aliphatic carbocycles. The Bertz CT molecular complexity index is 549. The maximum atomic E-state index is 12.3. The predicted octanol–water partition coefficient (Wildman–Crippen LogP) is 2.89. The number of fused-ring (bicyclic) bond motifs is 1. The highest BCUT2D eigenvalue weighted by atomic mass is 32.2. The second kappa shape index (κ2) is 5.63. The molecule has 0 aromatic heterocycles. The highest BCUT2D eigenvalue weighted by Gasteiger charge is 2.20. The first-order chi connectivity index (χ1) is 8.90. The molecule has 0 bridgehead atoms. The SMILES string of the molecule is CC(C)C(C)NS(=O)(=O)c1ccc2c(c1)CCCC2. The number of rotatable bonds is 4. The molecule has 0 radical (unpaired) electrons. The molecule has 1 N–H and O–H groups in total. The molecule has 1 unspecified atom stereocenters. The molecule has 0 aliphatic heterocycles. The molecule has 0 amide bonds. The molecule has 1 aliphatic rings. The summed E-state index contributed by atoms with van der Waals surface area (Å²) in [5.74, 6) is 0.285. The molecule has 2 rings (SSSR count). The average molecular weight is 281 g/mol. The van der Waals surface area contributed by atoms with Crippen LogP contribution in [0, 0.1) is 5.92 Å². The highest BCUT2D eigenvalue weighted by Crippen LogP contribution is 2.24. The van der Waals surface area contributed by atoms with E-state index in [1.165, 1.54) is 17.5 Å². The molecule has 1 aromatic rings. The van der Waals surface area contributed by atoms with E-state index in [0.29, 0.717) is 4.90 Å². The van der Waals surface area contributed by atoms with Gasteiger partial charge in [-0.1, -0.05) is 19.9 Å². The summed E-state index contributed by atoms with van der Waals surface area (Å²) in [6, 6.07) is 5.51. The number of hydrogen-bond donors (Lipinski definition) is 1. The van der Waals surface area contributed by atoms with Crippen LogP contribution in [0.15, 0.2) is 23.1 Å². The van der Waals surface area contributed by atoms with E-state index in [1.54, 1.807) is 6.07 Å². The Labute approximate surface area is 116 Å². The van der Waals surface area contributed by atoms with Crippen LogP contribution in [-0.2, 0) is 22.9 Å². The average Bonchev–Trinajstić information content (AvgIpc) is 2.37. The Morgan fingerprint density at radius 1 is 1.05 bits per heavy atom. The summed E-state index contributed by atoms with van der Waals surface area (Å²) >= 11 is 0. The van der Waals surface area contributed by atoms with Crippen LogP contribution in [0.5, 0.6) is 0 Å². The Balaban J connectivity index is 2.26. The second-order valence-electron chi connectivity index (χ2n) is 5.79. The molecule has 1 aromatic carbocycles. The fourth-order valence-corrected chi connectivity index (χ4v) is 3.77. The lowest BCUT2D eigenvalue weighted by molar-refractivity contribution is 0.476. The van der Waals surface area contributed by atoms with Gasteiger partial charge in [0, 0.05) is 6.04 Å². The second-order valence-corrected chi connectivity index (χ2v) is 7.51. The Kier molecular flexibility index (Phi) is 4.31. The molecule has 1 atom stereocenters. The van der Waals surface area contributed by atoms with Crippen LogP contribution in [0.1, 0.15) is 44.7 Å². The standard InChI is InChI=1S/C15H23NO2S/c1-11(2)12(3)16-19(17,18)15-9-8-13-6-4-5-7-14(13)10-15/h8-12,16H,4-7H2,1-3H3. The lowest BCUT2D eigenvalue weighted by atomic mass is 9.92. The maximum Gasteiger partial charge on any atom is 0.240 e. The molecule has 19 heavy (non-hydrogen) atoms. The molecule has 0 spiro atoms. The first kappa shape index (κ1) is 14.5. The summed E-state index contributed by atoms with van der Waals surface area (Å²) in [5, 5.41) is 0. The summed E-state index contributed by atoms with van der Waals surface area (Å²) in [7, 11) is -3.39. The predicted molar refractivity (Wildman–Crippen MR) is 77.7 cm³/mol. The fraction of sp³-hybridized carbons (Fsp3) is 0.600. The van der Waals surface area contributed by atoms with Crippen LogP contribution in [0.25, 0.3) is 0 Å². The van der Waals surface area contributed by atoms with Crippen LogP contribution >= 0.6 is 0 Å². The third-order valence-corrected chi connectivity index (χ3v) is 5.53. The van der Waals surface area contributed by atoms with Gasteiger partial charge in [-0.05, 0) is 61.8 Å². The maximum absolute atomic E-state index is 12.3. The summed E-state index contributed by atoms with van der Waals surface area (Å²) < 4.78 is 27.4. The van der Waals surface area contributed by atoms with Crippen LogP contribution in [0.3, 0.4) is 0 Å². The molecule has 3 nitrogen and oxygen atoms in total. The lowest BCUT2D eigenvalue weighted by Gasteiger charge is -2.20. The van der Waals surface area contributed by atoms with E-state index in [-0.39, 0.29) is 12.0 Å². The Morgan fingerprint density at radius 3 is 2.32 bits per heavy atom. The van der Waals surface area contributed by atoms with Crippen LogP contribution in [0.2, 0.25) is 0 Å². The number of hydrogen-bond acceptors (Lipinski definition) is 2. The van der Waals surface area contributed by atoms with Crippen molar-refractivity contribution in [3.63, 3.8) is 0 Å². The molecule has 0 fully saturated rings. The first-order valence-corrected chi connectivity index (χ1v) is 8.52. The number of nitrogens with one attached hydrogen (secondary N) is 1. The van der Waals surface area contributed by atoms with Gasteiger partial charge in [0.15, 0.2) is 0 Å². The topological polar surface area (TPSA) is 46.2 Å². The van der Waals surface area contributed by atoms with Crippen molar-refractivity contribution < 1.29 is 8.42 Å². The third kappa shape index (κ3) is 3.37. The number of benzene rings is 1. The van der Waals surface area contributed by atoms with Gasteiger partial charge in [-0.2, -0.15) is 0 Å². The Hall–Kier alpha value is -0.870. The molecule has 4 heteroatoms. The molecule has 106 valence electrons. The highest BCUT2D eigenvalue weighted by molar-refractivity contribution is 7.89. The lowest BCUT2D eigenvalue weighted by Crippen LogP contribution is -2.36. The van der Waals surface area contributed by atoms with Crippen molar-refractivity contribution in [2.45, 2.75) is 57.4 Å². The minimum atomic E-state index is -3.39. The minimum Gasteiger partial charge on any atom is -0.208 e. The largest absolute Gasteiger partial charge is 0.240 e. The van der Waals surface area contributed by atoms with Crippen molar-refractivity contribution in [3.05, 3.63) is 29.3 Å². The smallest absolute Gasteiger partial charge is 0.208 e. The summed E-state index contributed by atoms with van der Waals surface area (Å²) in [5.41, 5.74) is 2.51. The van der Waals surface area contributed by atoms with Gasteiger partial charge < -0.3 is 0 Å². The third-order valence-electron chi connectivity index (χ3n) is 3.97. The van der Waals surface area contributed by atoms with E-state index < -0.39 is 10.0 Å². The Morgan fingerprint density at radius 2 is 1.68 bits per heavy atom. The summed E-state index contributed by atoms with van der Waals surface area (Å²) in [4.78, 5) is 0.403. The molecule has 0 saturated heterocycles. The van der Waals surface area contributed by atoms with Crippen molar-refractivity contribution in [2.75, 3.05) is 0 Å². The van der Waals surface area contributed by atoms with Gasteiger partial charge in [-0.25, -0.2) is 13.1 Å². The van der Waals surface area contributed by atoms with Gasteiger partial charge in [-0.15, -0.1) is 0 Å². The van der Waals surface area contributed by atoms with Crippen LogP contribution in [-0.4, -0.2) is 14.5 Å². The van der Waals surface area contributed by atoms with E-state index in [2.05, 4.69) is 4.72 Å². The molecule has 0 saturated carbocycles. The molecular formula is C15H23NO2S. The van der Waals surface area contributed by atoms with Gasteiger partial charge in [-0.3, -0.25) is 0 Å². The quantitative estimate of drug-likeness (QED) is 0.922. The number of sulfonamides is 1. The van der Waals surface area contributed by atoms with Gasteiger partial charge in [0.25, 0.3) is 0 Å². The zero-order chi connectivity index (χ0) is 14.0. The zero-order valence-corrected chi connectivity index (χ0v) is 12.8. The summed E-state index contributed by atoms with van der Waals surface area (Å²) in [6.07, 6.45) is 4.44. The van der Waals surface area contributed by atoms with Gasteiger partial charge in [0.2, 0.25) is 10.0 Å². The first-order valence-electron chi connectivity index (χ1n) is 7.04. The molecule has 0 heterocycles. The van der Waals surface area contributed by atoms with E-state index >= 15 is 0 Å². The molecular weight excluding hydrogens is 258 g/mol. The van der Waals surface area contributed by atoms with Crippen molar-refractivity contribution in [1.82, 2.24) is 4.72 Å². The van der Waals surface area contributed by atoms with Crippen molar-refractivity contribution in [3.8, 4) is 0 Å². The zero-order valence-electron chi connectivity index (χ0n) is 11.9. The van der Waals surface area contributed by atoms with E-state index in [9.17, 15) is 8.42 Å². The van der Waals surface area contributed by atoms with Crippen molar-refractivity contribution >= 4 is 10.0 Å². The number of aryl methyl sites for hydroxylation is 2. The van der Waals surface area contributed by atoms with Gasteiger partial charge in [0.1, 0.15) is 0 Å². The minimum absolute atomic E-state index is 0.0546. The van der Waals surface area contributed by atoms with E-state index in [1.807, 2.05) is 32.9 Å². The monoisotopic (exact) mass is 281 g/mol. The van der Waals surface area contributed by atoms with Crippen molar-refractivity contribution in [1.29, 1.82) is 0 Å². The normalized spacial score (nSPS) is 17.3. The summed E-state index contributed by atoms with van der Waals surface area (Å²) in [6.45, 7) is 5.93. The van der Waals surface area contributed by atoms with Crippen LogP contribution < -0.4 is 4.72 Å². The van der Waals surface area contributed by atoms with Gasteiger partial charge >= 0.3 is 0 Å². The van der Waals surface area contributed by atoms with Crippen LogP contribution in [0.4, 0.5) is 0 Å². The fourth-order valence-electron chi connectivity index (χ4n) is 2.33. The van der Waals surface area contributed by atoms with Gasteiger partial charge in [0.05, 0.1) is 4.90 Å². The van der Waals surface area contributed by atoms with E-state index in [4.69, 9.17) is 0 Å². The van der Waals surface area contributed by atoms with E-state index in [0.717, 1.165) is 19.3 Å².